The van der Waals surface area contributed by atoms with Crippen molar-refractivity contribution in [2.75, 3.05) is 45.9 Å². The van der Waals surface area contributed by atoms with Crippen LogP contribution < -0.4 is 5.32 Å². The van der Waals surface area contributed by atoms with Crippen molar-refractivity contribution in [3.8, 4) is 12.3 Å². The fraction of sp³-hybridized carbons (Fsp3) is 0.800. The van der Waals surface area contributed by atoms with Crippen molar-refractivity contribution in [3.63, 3.8) is 0 Å². The highest BCUT2D eigenvalue weighted by Gasteiger charge is 2.39. The maximum atomic E-state index is 12.1. The van der Waals surface area contributed by atoms with E-state index in [1.807, 2.05) is 4.90 Å². The van der Waals surface area contributed by atoms with Gasteiger partial charge in [0, 0.05) is 38.1 Å². The molecule has 0 saturated carbocycles. The summed E-state index contributed by atoms with van der Waals surface area (Å²) in [6, 6.07) is 0.507. The number of ether oxygens (including phenoxy) is 1. The van der Waals surface area contributed by atoms with Crippen molar-refractivity contribution < 1.29 is 9.53 Å². The van der Waals surface area contributed by atoms with E-state index < -0.39 is 0 Å². The minimum absolute atomic E-state index is 0.0458. The summed E-state index contributed by atoms with van der Waals surface area (Å²) in [5.74, 6) is 3.98. The van der Waals surface area contributed by atoms with Crippen molar-refractivity contribution in [2.24, 2.45) is 11.8 Å². The first kappa shape index (κ1) is 13.7. The number of hydrogen-bond donors (Lipinski definition) is 1. The Balaban J connectivity index is 1.47. The zero-order chi connectivity index (χ0) is 13.9. The molecule has 0 aromatic carbocycles. The second-order valence-electron chi connectivity index (χ2n) is 5.99. The summed E-state index contributed by atoms with van der Waals surface area (Å²) in [7, 11) is 0. The SMILES string of the molecule is C#C[C@H]1CN2CC[C@H]1C[C@@H]2CNC(=O)N1CCOCC1. The van der Waals surface area contributed by atoms with Crippen molar-refractivity contribution in [1.82, 2.24) is 15.1 Å². The van der Waals surface area contributed by atoms with Gasteiger partial charge < -0.3 is 15.0 Å². The van der Waals surface area contributed by atoms with E-state index in [0.717, 1.165) is 26.1 Å². The van der Waals surface area contributed by atoms with Crippen LogP contribution >= 0.6 is 0 Å². The number of fused-ring (bicyclic) bond motifs is 3. The molecular weight excluding hydrogens is 254 g/mol. The molecule has 4 aliphatic heterocycles. The van der Waals surface area contributed by atoms with E-state index >= 15 is 0 Å². The Morgan fingerprint density at radius 3 is 2.80 bits per heavy atom. The van der Waals surface area contributed by atoms with Gasteiger partial charge in [-0.2, -0.15) is 0 Å². The lowest BCUT2D eigenvalue weighted by atomic mass is 9.76. The maximum Gasteiger partial charge on any atom is 0.317 e. The number of morpholine rings is 1. The largest absolute Gasteiger partial charge is 0.378 e. The topological polar surface area (TPSA) is 44.8 Å². The van der Waals surface area contributed by atoms with Crippen LogP contribution in [-0.2, 0) is 4.74 Å². The zero-order valence-corrected chi connectivity index (χ0v) is 11.9. The van der Waals surface area contributed by atoms with Crippen LogP contribution in [0.3, 0.4) is 0 Å². The average molecular weight is 277 g/mol. The van der Waals surface area contributed by atoms with Gasteiger partial charge in [0.2, 0.25) is 0 Å². The Morgan fingerprint density at radius 1 is 1.35 bits per heavy atom. The molecule has 4 atom stereocenters. The predicted octanol–water partition coefficient (Wildman–Crippen LogP) is 0.372. The number of terminal acetylenes is 1. The van der Waals surface area contributed by atoms with E-state index in [9.17, 15) is 4.79 Å². The number of hydrogen-bond acceptors (Lipinski definition) is 3. The molecule has 0 aromatic rings. The van der Waals surface area contributed by atoms with Crippen LogP contribution in [0.5, 0.6) is 0 Å². The third-order valence-electron chi connectivity index (χ3n) is 4.88. The van der Waals surface area contributed by atoms with Crippen LogP contribution in [0, 0.1) is 24.2 Å². The fourth-order valence-corrected chi connectivity index (χ4v) is 3.62. The van der Waals surface area contributed by atoms with Crippen molar-refractivity contribution in [1.29, 1.82) is 0 Å². The van der Waals surface area contributed by atoms with Gasteiger partial charge in [-0.05, 0) is 25.3 Å². The van der Waals surface area contributed by atoms with Gasteiger partial charge >= 0.3 is 6.03 Å². The molecule has 0 aliphatic carbocycles. The van der Waals surface area contributed by atoms with Gasteiger partial charge in [0.1, 0.15) is 0 Å². The molecule has 4 rings (SSSR count). The molecule has 2 bridgehead atoms. The summed E-state index contributed by atoms with van der Waals surface area (Å²) in [4.78, 5) is 16.4. The van der Waals surface area contributed by atoms with E-state index in [0.29, 0.717) is 44.2 Å². The second kappa shape index (κ2) is 6.02. The van der Waals surface area contributed by atoms with Crippen molar-refractivity contribution in [2.45, 2.75) is 18.9 Å². The number of rotatable bonds is 2. The smallest absolute Gasteiger partial charge is 0.317 e. The Bertz CT molecular complexity index is 400. The van der Waals surface area contributed by atoms with Crippen molar-refractivity contribution >= 4 is 6.03 Å². The van der Waals surface area contributed by atoms with Gasteiger partial charge in [-0.3, -0.25) is 4.90 Å². The van der Waals surface area contributed by atoms with E-state index in [1.54, 1.807) is 0 Å². The summed E-state index contributed by atoms with van der Waals surface area (Å²) in [6.07, 6.45) is 7.92. The van der Waals surface area contributed by atoms with Gasteiger partial charge in [-0.25, -0.2) is 4.79 Å². The molecular formula is C15H23N3O2. The molecule has 5 nitrogen and oxygen atoms in total. The number of amides is 2. The molecule has 0 radical (unpaired) electrons. The highest BCUT2D eigenvalue weighted by Crippen LogP contribution is 2.35. The van der Waals surface area contributed by atoms with Crippen LogP contribution in [0.15, 0.2) is 0 Å². The summed E-state index contributed by atoms with van der Waals surface area (Å²) >= 11 is 0. The van der Waals surface area contributed by atoms with Gasteiger partial charge in [0.05, 0.1) is 13.2 Å². The summed E-state index contributed by atoms with van der Waals surface area (Å²) < 4.78 is 5.26. The minimum Gasteiger partial charge on any atom is -0.378 e. The number of nitrogens with zero attached hydrogens (tertiary/aromatic N) is 2. The molecule has 5 heteroatoms. The molecule has 110 valence electrons. The summed E-state index contributed by atoms with van der Waals surface area (Å²) in [5.41, 5.74) is 0. The number of carbonyl (C=O) groups is 1. The molecule has 4 heterocycles. The van der Waals surface area contributed by atoms with Gasteiger partial charge in [-0.1, -0.05) is 0 Å². The Kier molecular flexibility index (Phi) is 4.13. The van der Waals surface area contributed by atoms with Gasteiger partial charge in [0.15, 0.2) is 0 Å². The molecule has 4 fully saturated rings. The number of nitrogens with one attached hydrogen (secondary N) is 1. The van der Waals surface area contributed by atoms with E-state index in [4.69, 9.17) is 11.2 Å². The minimum atomic E-state index is 0.0458. The molecule has 0 aromatic heterocycles. The molecule has 20 heavy (non-hydrogen) atoms. The molecule has 4 saturated heterocycles. The highest BCUT2D eigenvalue weighted by atomic mass is 16.5. The van der Waals surface area contributed by atoms with Crippen LogP contribution in [-0.4, -0.2) is 67.8 Å². The fourth-order valence-electron chi connectivity index (χ4n) is 3.62. The number of piperidine rings is 3. The molecule has 2 amide bonds. The Hall–Kier alpha value is -1.25. The first-order valence-electron chi connectivity index (χ1n) is 7.58. The zero-order valence-electron chi connectivity index (χ0n) is 11.9. The third kappa shape index (κ3) is 2.77. The first-order chi connectivity index (χ1) is 9.78. The lowest BCUT2D eigenvalue weighted by Gasteiger charge is -2.48. The summed E-state index contributed by atoms with van der Waals surface area (Å²) in [5, 5.41) is 3.08. The lowest BCUT2D eigenvalue weighted by molar-refractivity contribution is 0.0216. The van der Waals surface area contributed by atoms with E-state index in [1.165, 1.54) is 6.42 Å². The molecule has 1 unspecified atom stereocenters. The van der Waals surface area contributed by atoms with Gasteiger partial charge in [0.25, 0.3) is 0 Å². The highest BCUT2D eigenvalue weighted by molar-refractivity contribution is 5.74. The summed E-state index contributed by atoms with van der Waals surface area (Å²) in [6.45, 7) is 5.55. The van der Waals surface area contributed by atoms with Gasteiger partial charge in [-0.15, -0.1) is 12.3 Å². The third-order valence-corrected chi connectivity index (χ3v) is 4.88. The van der Waals surface area contributed by atoms with Crippen molar-refractivity contribution in [3.05, 3.63) is 0 Å². The standard InChI is InChI=1S/C15H23N3O2/c1-2-12-11-18-4-3-13(12)9-14(18)10-16-15(19)17-5-7-20-8-6-17/h1,12-14H,3-11H2,(H,16,19)/t12-,13-,14+/m0/s1. The maximum absolute atomic E-state index is 12.1. The lowest BCUT2D eigenvalue weighted by Crippen LogP contribution is -2.57. The molecule has 1 N–H and O–H groups in total. The molecule has 4 aliphatic rings. The number of carbonyl (C=O) groups excluding carboxylic acids is 1. The molecule has 0 spiro atoms. The Morgan fingerprint density at radius 2 is 2.15 bits per heavy atom. The van der Waals surface area contributed by atoms with E-state index in [-0.39, 0.29) is 6.03 Å². The first-order valence-corrected chi connectivity index (χ1v) is 7.58. The average Bonchev–Trinajstić information content (AvgIpc) is 2.53. The van der Waals surface area contributed by atoms with Crippen LogP contribution in [0.1, 0.15) is 12.8 Å². The second-order valence-corrected chi connectivity index (χ2v) is 5.99. The monoisotopic (exact) mass is 277 g/mol. The van der Waals surface area contributed by atoms with Crippen LogP contribution in [0.4, 0.5) is 4.79 Å². The Labute approximate surface area is 120 Å². The van der Waals surface area contributed by atoms with E-state index in [2.05, 4.69) is 16.1 Å². The quantitative estimate of drug-likeness (QED) is 0.742. The number of urea groups is 1. The predicted molar refractivity (Wildman–Crippen MR) is 76.2 cm³/mol. The van der Waals surface area contributed by atoms with Crippen LogP contribution in [0.2, 0.25) is 0 Å². The van der Waals surface area contributed by atoms with Crippen LogP contribution in [0.25, 0.3) is 0 Å². The normalized spacial score (nSPS) is 36.5.